The lowest BCUT2D eigenvalue weighted by atomic mass is 9.97. The second-order valence-electron chi connectivity index (χ2n) is 5.43. The van der Waals surface area contributed by atoms with Gasteiger partial charge in [0, 0.05) is 18.1 Å². The second kappa shape index (κ2) is 7.65. The number of hydrogen-bond donors (Lipinski definition) is 1. The summed E-state index contributed by atoms with van der Waals surface area (Å²) >= 11 is 5.97. The number of carbonyl (C=O) groups is 1. The first-order valence-corrected chi connectivity index (χ1v) is 7.79. The van der Waals surface area contributed by atoms with Crippen molar-refractivity contribution >= 4 is 17.5 Å². The molecule has 2 rings (SSSR count). The summed E-state index contributed by atoms with van der Waals surface area (Å²) in [7, 11) is 0. The van der Waals surface area contributed by atoms with Gasteiger partial charge < -0.3 is 10.2 Å². The monoisotopic (exact) mass is 294 g/mol. The van der Waals surface area contributed by atoms with Gasteiger partial charge in [0.1, 0.15) is 0 Å². The molecule has 3 nitrogen and oxygen atoms in total. The Morgan fingerprint density at radius 1 is 1.40 bits per heavy atom. The van der Waals surface area contributed by atoms with Gasteiger partial charge in [-0.15, -0.1) is 0 Å². The van der Waals surface area contributed by atoms with Gasteiger partial charge in [-0.25, -0.2) is 0 Å². The lowest BCUT2D eigenvalue weighted by Gasteiger charge is -2.29. The van der Waals surface area contributed by atoms with Gasteiger partial charge in [0.05, 0.1) is 6.42 Å². The number of benzene rings is 1. The molecule has 110 valence electrons. The molecule has 0 spiro atoms. The van der Waals surface area contributed by atoms with E-state index in [2.05, 4.69) is 12.2 Å². The Kier molecular flexibility index (Phi) is 5.86. The molecule has 1 aliphatic heterocycles. The summed E-state index contributed by atoms with van der Waals surface area (Å²) in [6, 6.07) is 7.57. The van der Waals surface area contributed by atoms with E-state index < -0.39 is 0 Å². The highest BCUT2D eigenvalue weighted by atomic mass is 35.5. The molecule has 0 saturated carbocycles. The third-order valence-electron chi connectivity index (χ3n) is 3.92. The first kappa shape index (κ1) is 15.3. The molecule has 0 unspecified atom stereocenters. The minimum Gasteiger partial charge on any atom is -0.342 e. The summed E-state index contributed by atoms with van der Waals surface area (Å²) in [5, 5.41) is 4.05. The highest BCUT2D eigenvalue weighted by Gasteiger charge is 2.19. The van der Waals surface area contributed by atoms with Gasteiger partial charge in [-0.05, 0) is 56.5 Å². The Bertz CT molecular complexity index is 444. The molecule has 1 aromatic carbocycles. The van der Waals surface area contributed by atoms with Crippen LogP contribution in [-0.2, 0) is 11.2 Å². The normalized spacial score (nSPS) is 16.1. The maximum absolute atomic E-state index is 12.4. The molecule has 0 bridgehead atoms. The summed E-state index contributed by atoms with van der Waals surface area (Å²) in [5.41, 5.74) is 0.992. The van der Waals surface area contributed by atoms with E-state index in [0.717, 1.165) is 31.7 Å². The van der Waals surface area contributed by atoms with Crippen molar-refractivity contribution in [3.05, 3.63) is 34.9 Å². The minimum atomic E-state index is 0.202. The van der Waals surface area contributed by atoms with Crippen molar-refractivity contribution in [1.82, 2.24) is 10.2 Å². The number of rotatable bonds is 5. The molecule has 0 aliphatic carbocycles. The number of amides is 1. The first-order chi connectivity index (χ1) is 9.69. The van der Waals surface area contributed by atoms with E-state index in [4.69, 9.17) is 11.6 Å². The fraction of sp³-hybridized carbons (Fsp3) is 0.562. The van der Waals surface area contributed by atoms with Crippen LogP contribution >= 0.6 is 11.6 Å². The van der Waals surface area contributed by atoms with Crippen molar-refractivity contribution in [2.75, 3.05) is 26.2 Å². The van der Waals surface area contributed by atoms with Gasteiger partial charge >= 0.3 is 0 Å². The van der Waals surface area contributed by atoms with Crippen LogP contribution in [0.2, 0.25) is 5.02 Å². The zero-order chi connectivity index (χ0) is 14.4. The number of carbonyl (C=O) groups excluding carboxylic acids is 1. The van der Waals surface area contributed by atoms with Gasteiger partial charge in [0.2, 0.25) is 5.91 Å². The highest BCUT2D eigenvalue weighted by Crippen LogP contribution is 2.15. The molecular formula is C16H23ClN2O. The molecule has 1 amide bonds. The fourth-order valence-corrected chi connectivity index (χ4v) is 2.93. The Morgan fingerprint density at radius 3 is 2.80 bits per heavy atom. The van der Waals surface area contributed by atoms with Crippen molar-refractivity contribution < 1.29 is 4.79 Å². The second-order valence-corrected chi connectivity index (χ2v) is 5.87. The molecular weight excluding hydrogens is 272 g/mol. The molecule has 1 aromatic rings. The Labute approximate surface area is 126 Å². The van der Waals surface area contributed by atoms with Crippen LogP contribution in [0.4, 0.5) is 0 Å². The van der Waals surface area contributed by atoms with Crippen molar-refractivity contribution in [3.8, 4) is 0 Å². The van der Waals surface area contributed by atoms with Gasteiger partial charge in [0.25, 0.3) is 0 Å². The maximum atomic E-state index is 12.4. The van der Waals surface area contributed by atoms with Crippen LogP contribution < -0.4 is 5.32 Å². The fourth-order valence-electron chi connectivity index (χ4n) is 2.72. The minimum absolute atomic E-state index is 0.202. The van der Waals surface area contributed by atoms with Crippen LogP contribution in [0.15, 0.2) is 24.3 Å². The highest BCUT2D eigenvalue weighted by molar-refractivity contribution is 6.30. The third kappa shape index (κ3) is 4.50. The van der Waals surface area contributed by atoms with Crippen LogP contribution in [-0.4, -0.2) is 37.0 Å². The zero-order valence-electron chi connectivity index (χ0n) is 12.1. The predicted molar refractivity (Wildman–Crippen MR) is 83.0 cm³/mol. The number of likely N-dealkylation sites (N-methyl/N-ethyl adjacent to an activating group) is 1. The molecule has 1 aliphatic rings. The van der Waals surface area contributed by atoms with Crippen molar-refractivity contribution in [2.45, 2.75) is 26.2 Å². The van der Waals surface area contributed by atoms with Crippen LogP contribution in [0, 0.1) is 5.92 Å². The molecule has 20 heavy (non-hydrogen) atoms. The standard InChI is InChI=1S/C16H23ClN2O/c1-2-19(12-13-6-8-18-9-7-13)16(20)11-14-4-3-5-15(17)10-14/h3-5,10,13,18H,2,6-9,11-12H2,1H3. The number of halogens is 1. The summed E-state index contributed by atoms with van der Waals surface area (Å²) < 4.78 is 0. The largest absolute Gasteiger partial charge is 0.342 e. The predicted octanol–water partition coefficient (Wildman–Crippen LogP) is 2.73. The topological polar surface area (TPSA) is 32.3 Å². The van der Waals surface area contributed by atoms with Crippen molar-refractivity contribution in [3.63, 3.8) is 0 Å². The average Bonchev–Trinajstić information content (AvgIpc) is 2.45. The third-order valence-corrected chi connectivity index (χ3v) is 4.15. The van der Waals surface area contributed by atoms with E-state index in [1.54, 1.807) is 0 Å². The molecule has 4 heteroatoms. The number of piperidine rings is 1. The quantitative estimate of drug-likeness (QED) is 0.906. The SMILES string of the molecule is CCN(CC1CCNCC1)C(=O)Cc1cccc(Cl)c1. The summed E-state index contributed by atoms with van der Waals surface area (Å²) in [6.45, 7) is 5.87. The van der Waals surface area contributed by atoms with Gasteiger partial charge in [0.15, 0.2) is 0 Å². The van der Waals surface area contributed by atoms with Gasteiger partial charge in [-0.1, -0.05) is 23.7 Å². The Hall–Kier alpha value is -1.06. The molecule has 0 atom stereocenters. The molecule has 0 aromatic heterocycles. The molecule has 1 saturated heterocycles. The van der Waals surface area contributed by atoms with Crippen LogP contribution in [0.1, 0.15) is 25.3 Å². The van der Waals surface area contributed by atoms with Gasteiger partial charge in [-0.2, -0.15) is 0 Å². The average molecular weight is 295 g/mol. The Morgan fingerprint density at radius 2 is 2.15 bits per heavy atom. The maximum Gasteiger partial charge on any atom is 0.226 e. The molecule has 1 heterocycles. The van der Waals surface area contributed by atoms with E-state index in [1.807, 2.05) is 29.2 Å². The van der Waals surface area contributed by atoms with E-state index in [-0.39, 0.29) is 5.91 Å². The van der Waals surface area contributed by atoms with E-state index in [0.29, 0.717) is 17.4 Å². The Balaban J connectivity index is 1.91. The van der Waals surface area contributed by atoms with Crippen LogP contribution in [0.25, 0.3) is 0 Å². The first-order valence-electron chi connectivity index (χ1n) is 7.42. The number of hydrogen-bond acceptors (Lipinski definition) is 2. The lowest BCUT2D eigenvalue weighted by molar-refractivity contribution is -0.131. The smallest absolute Gasteiger partial charge is 0.226 e. The zero-order valence-corrected chi connectivity index (χ0v) is 12.8. The number of nitrogens with one attached hydrogen (secondary N) is 1. The van der Waals surface area contributed by atoms with Gasteiger partial charge in [-0.3, -0.25) is 4.79 Å². The number of nitrogens with zero attached hydrogens (tertiary/aromatic N) is 1. The molecule has 1 fully saturated rings. The van der Waals surface area contributed by atoms with Crippen LogP contribution in [0.3, 0.4) is 0 Å². The van der Waals surface area contributed by atoms with Crippen LogP contribution in [0.5, 0.6) is 0 Å². The molecule has 1 N–H and O–H groups in total. The summed E-state index contributed by atoms with van der Waals surface area (Å²) in [6.07, 6.45) is 2.78. The summed E-state index contributed by atoms with van der Waals surface area (Å²) in [5.74, 6) is 0.841. The van der Waals surface area contributed by atoms with E-state index in [9.17, 15) is 4.79 Å². The van der Waals surface area contributed by atoms with E-state index in [1.165, 1.54) is 12.8 Å². The van der Waals surface area contributed by atoms with Crippen molar-refractivity contribution in [1.29, 1.82) is 0 Å². The lowest BCUT2D eigenvalue weighted by Crippen LogP contribution is -2.39. The molecule has 0 radical (unpaired) electrons. The van der Waals surface area contributed by atoms with E-state index >= 15 is 0 Å². The summed E-state index contributed by atoms with van der Waals surface area (Å²) in [4.78, 5) is 14.4. The van der Waals surface area contributed by atoms with Crippen molar-refractivity contribution in [2.24, 2.45) is 5.92 Å².